The Kier molecular flexibility index (Phi) is 7.46. The topological polar surface area (TPSA) is 55.1 Å². The molecule has 0 aliphatic carbocycles. The average Bonchev–Trinajstić information content (AvgIpc) is 2.54. The van der Waals surface area contributed by atoms with E-state index >= 15 is 0 Å². The Labute approximate surface area is 151 Å². The average molecular weight is 347 g/mol. The van der Waals surface area contributed by atoms with Crippen LogP contribution < -0.4 is 11.1 Å². The zero-order valence-corrected chi connectivity index (χ0v) is 15.4. The number of halogens is 1. The molecule has 0 spiro atoms. The van der Waals surface area contributed by atoms with E-state index < -0.39 is 0 Å². The summed E-state index contributed by atoms with van der Waals surface area (Å²) in [7, 11) is 0. The number of amides is 1. The third kappa shape index (κ3) is 5.99. The van der Waals surface area contributed by atoms with E-state index in [9.17, 15) is 4.79 Å². The van der Waals surface area contributed by atoms with E-state index in [1.54, 1.807) is 0 Å². The van der Waals surface area contributed by atoms with Crippen LogP contribution in [0, 0.1) is 5.41 Å². The zero-order chi connectivity index (χ0) is 16.9. The van der Waals surface area contributed by atoms with Gasteiger partial charge < -0.3 is 11.1 Å². The van der Waals surface area contributed by atoms with Gasteiger partial charge >= 0.3 is 0 Å². The van der Waals surface area contributed by atoms with Crippen LogP contribution in [0.1, 0.15) is 54.7 Å². The molecule has 0 aliphatic heterocycles. The summed E-state index contributed by atoms with van der Waals surface area (Å²) in [5.74, 6) is -0.0494. The summed E-state index contributed by atoms with van der Waals surface area (Å²) in [4.78, 5) is 12.6. The predicted octanol–water partition coefficient (Wildman–Crippen LogP) is 4.47. The van der Waals surface area contributed by atoms with Crippen molar-refractivity contribution in [1.82, 2.24) is 5.32 Å². The second kappa shape index (κ2) is 8.86. The van der Waals surface area contributed by atoms with Gasteiger partial charge in [0, 0.05) is 12.1 Å². The fraction of sp³-hybridized carbons (Fsp3) is 0.350. The Morgan fingerprint density at radius 1 is 1.04 bits per heavy atom. The van der Waals surface area contributed by atoms with Crippen molar-refractivity contribution in [2.75, 3.05) is 0 Å². The van der Waals surface area contributed by atoms with Crippen molar-refractivity contribution < 1.29 is 4.79 Å². The van der Waals surface area contributed by atoms with Crippen molar-refractivity contribution >= 4 is 18.3 Å². The summed E-state index contributed by atoms with van der Waals surface area (Å²) in [5.41, 5.74) is 8.55. The first kappa shape index (κ1) is 20.2. The number of carbonyl (C=O) groups is 1. The van der Waals surface area contributed by atoms with Gasteiger partial charge in [0.25, 0.3) is 5.91 Å². The Bertz CT molecular complexity index is 633. The number of benzene rings is 2. The Hall–Kier alpha value is -1.84. The van der Waals surface area contributed by atoms with Crippen LogP contribution >= 0.6 is 12.4 Å². The molecule has 1 atom stereocenters. The van der Waals surface area contributed by atoms with Crippen molar-refractivity contribution in [2.45, 2.75) is 39.8 Å². The van der Waals surface area contributed by atoms with Crippen LogP contribution in [-0.4, -0.2) is 5.91 Å². The van der Waals surface area contributed by atoms with Crippen molar-refractivity contribution in [3.63, 3.8) is 0 Å². The highest BCUT2D eigenvalue weighted by Crippen LogP contribution is 2.29. The summed E-state index contributed by atoms with van der Waals surface area (Å²) >= 11 is 0. The lowest BCUT2D eigenvalue weighted by atomic mass is 9.85. The Balaban J connectivity index is 0.00000288. The lowest BCUT2D eigenvalue weighted by molar-refractivity contribution is 0.0926. The van der Waals surface area contributed by atoms with E-state index in [-0.39, 0.29) is 29.8 Å². The fourth-order valence-electron chi connectivity index (χ4n) is 2.58. The normalized spacial score (nSPS) is 12.2. The Morgan fingerprint density at radius 2 is 1.62 bits per heavy atom. The number of hydrogen-bond acceptors (Lipinski definition) is 2. The first-order valence-electron chi connectivity index (χ1n) is 8.04. The lowest BCUT2D eigenvalue weighted by Crippen LogP contribution is -2.31. The van der Waals surface area contributed by atoms with Crippen molar-refractivity contribution in [3.8, 4) is 0 Å². The maximum Gasteiger partial charge on any atom is 0.251 e. The third-order valence-electron chi connectivity index (χ3n) is 3.78. The van der Waals surface area contributed by atoms with Crippen LogP contribution in [0.2, 0.25) is 0 Å². The molecule has 4 heteroatoms. The van der Waals surface area contributed by atoms with Gasteiger partial charge in [-0.25, -0.2) is 0 Å². The molecule has 0 heterocycles. The summed E-state index contributed by atoms with van der Waals surface area (Å²) in [5, 5.41) is 3.17. The molecule has 0 saturated carbocycles. The standard InChI is InChI=1S/C20H26N2O.ClH/c1-20(2,3)13-18(16-7-5-4-6-8-16)22-19(23)17-11-9-15(14-21)10-12-17;/h4-12,18H,13-14,21H2,1-3H3,(H,22,23);1H. The quantitative estimate of drug-likeness (QED) is 0.838. The summed E-state index contributed by atoms with van der Waals surface area (Å²) < 4.78 is 0. The van der Waals surface area contributed by atoms with Gasteiger partial charge in [-0.2, -0.15) is 0 Å². The van der Waals surface area contributed by atoms with Crippen LogP contribution in [0.4, 0.5) is 0 Å². The molecular weight excluding hydrogens is 320 g/mol. The molecule has 2 rings (SSSR count). The first-order chi connectivity index (χ1) is 10.9. The van der Waals surface area contributed by atoms with E-state index in [1.807, 2.05) is 42.5 Å². The molecule has 0 aliphatic rings. The van der Waals surface area contributed by atoms with Crippen LogP contribution in [-0.2, 0) is 6.54 Å². The molecule has 0 bridgehead atoms. The predicted molar refractivity (Wildman–Crippen MR) is 102 cm³/mol. The second-order valence-electron chi connectivity index (χ2n) is 7.10. The van der Waals surface area contributed by atoms with Crippen LogP contribution in [0.15, 0.2) is 54.6 Å². The van der Waals surface area contributed by atoms with E-state index in [4.69, 9.17) is 5.73 Å². The summed E-state index contributed by atoms with van der Waals surface area (Å²) in [6.45, 7) is 7.04. The molecule has 1 amide bonds. The number of rotatable bonds is 5. The van der Waals surface area contributed by atoms with Gasteiger partial charge in [0.2, 0.25) is 0 Å². The maximum atomic E-state index is 12.6. The van der Waals surface area contributed by atoms with Crippen molar-refractivity contribution in [3.05, 3.63) is 71.3 Å². The van der Waals surface area contributed by atoms with Gasteiger partial charge in [-0.15, -0.1) is 12.4 Å². The number of hydrogen-bond donors (Lipinski definition) is 2. The minimum absolute atomic E-state index is 0. The Morgan fingerprint density at radius 3 is 2.12 bits per heavy atom. The van der Waals surface area contributed by atoms with Crippen molar-refractivity contribution in [1.29, 1.82) is 0 Å². The van der Waals surface area contributed by atoms with Gasteiger partial charge in [-0.05, 0) is 35.1 Å². The van der Waals surface area contributed by atoms with E-state index in [1.165, 1.54) is 0 Å². The van der Waals surface area contributed by atoms with Gasteiger partial charge in [-0.3, -0.25) is 4.79 Å². The highest BCUT2D eigenvalue weighted by Gasteiger charge is 2.22. The largest absolute Gasteiger partial charge is 0.345 e. The van der Waals surface area contributed by atoms with Gasteiger partial charge in [-0.1, -0.05) is 63.2 Å². The molecule has 3 N–H and O–H groups in total. The SMILES string of the molecule is CC(C)(C)CC(NC(=O)c1ccc(CN)cc1)c1ccccc1.Cl. The number of nitrogens with two attached hydrogens (primary N) is 1. The lowest BCUT2D eigenvalue weighted by Gasteiger charge is -2.27. The molecule has 0 fully saturated rings. The highest BCUT2D eigenvalue weighted by atomic mass is 35.5. The van der Waals surface area contributed by atoms with E-state index in [0.717, 1.165) is 17.5 Å². The monoisotopic (exact) mass is 346 g/mol. The molecule has 1 unspecified atom stereocenters. The number of nitrogens with one attached hydrogen (secondary N) is 1. The first-order valence-corrected chi connectivity index (χ1v) is 8.04. The fourth-order valence-corrected chi connectivity index (χ4v) is 2.58. The molecule has 0 radical (unpaired) electrons. The minimum atomic E-state index is -0.0494. The van der Waals surface area contributed by atoms with E-state index in [0.29, 0.717) is 12.1 Å². The van der Waals surface area contributed by atoms with Gasteiger partial charge in [0.15, 0.2) is 0 Å². The zero-order valence-electron chi connectivity index (χ0n) is 14.6. The van der Waals surface area contributed by atoms with Gasteiger partial charge in [0.05, 0.1) is 6.04 Å². The smallest absolute Gasteiger partial charge is 0.251 e. The summed E-state index contributed by atoms with van der Waals surface area (Å²) in [6.07, 6.45) is 0.879. The molecule has 2 aromatic carbocycles. The molecule has 0 aromatic heterocycles. The molecular formula is C20H27ClN2O. The number of carbonyl (C=O) groups excluding carboxylic acids is 1. The van der Waals surface area contributed by atoms with Gasteiger partial charge in [0.1, 0.15) is 0 Å². The third-order valence-corrected chi connectivity index (χ3v) is 3.78. The second-order valence-corrected chi connectivity index (χ2v) is 7.10. The highest BCUT2D eigenvalue weighted by molar-refractivity contribution is 5.94. The maximum absolute atomic E-state index is 12.6. The summed E-state index contributed by atoms with van der Waals surface area (Å²) in [6, 6.07) is 17.6. The van der Waals surface area contributed by atoms with Crippen LogP contribution in [0.25, 0.3) is 0 Å². The van der Waals surface area contributed by atoms with Crippen molar-refractivity contribution in [2.24, 2.45) is 11.1 Å². The molecule has 2 aromatic rings. The molecule has 0 saturated heterocycles. The molecule has 130 valence electrons. The van der Waals surface area contributed by atoms with Crippen LogP contribution in [0.5, 0.6) is 0 Å². The molecule has 24 heavy (non-hydrogen) atoms. The molecule has 3 nitrogen and oxygen atoms in total. The van der Waals surface area contributed by atoms with Crippen LogP contribution in [0.3, 0.4) is 0 Å². The van der Waals surface area contributed by atoms with E-state index in [2.05, 4.69) is 38.2 Å². The minimum Gasteiger partial charge on any atom is -0.345 e.